The van der Waals surface area contributed by atoms with Gasteiger partial charge in [0.05, 0.1) is 17.7 Å². The smallest absolute Gasteiger partial charge is 0.416 e. The molecule has 20 heavy (non-hydrogen) atoms. The fraction of sp³-hybridized carbons (Fsp3) is 0.500. The molecule has 1 rings (SSSR count). The topological polar surface area (TPSA) is 9.23 Å². The maximum absolute atomic E-state index is 12.6. The highest BCUT2D eigenvalue weighted by Gasteiger charge is 2.37. The molecular formula is C12H11BrF6O. The van der Waals surface area contributed by atoms with E-state index in [1.165, 1.54) is 0 Å². The average molecular weight is 365 g/mol. The maximum Gasteiger partial charge on any atom is 0.416 e. The fourth-order valence-corrected chi connectivity index (χ4v) is 1.48. The van der Waals surface area contributed by atoms with Gasteiger partial charge in [-0.3, -0.25) is 0 Å². The third kappa shape index (κ3) is 4.88. The van der Waals surface area contributed by atoms with Gasteiger partial charge in [0.2, 0.25) is 0 Å². The van der Waals surface area contributed by atoms with Crippen molar-refractivity contribution in [1.29, 1.82) is 0 Å². The first-order valence-corrected chi connectivity index (χ1v) is 6.64. The Labute approximate surface area is 120 Å². The van der Waals surface area contributed by atoms with Gasteiger partial charge in [-0.25, -0.2) is 0 Å². The zero-order chi connectivity index (χ0) is 15.6. The van der Waals surface area contributed by atoms with Gasteiger partial charge in [0.1, 0.15) is 5.75 Å². The number of alkyl halides is 7. The van der Waals surface area contributed by atoms with Gasteiger partial charge in [0, 0.05) is 5.33 Å². The quantitative estimate of drug-likeness (QED) is 0.531. The standard InChI is InChI=1S/C12H11BrF6O/c1-7(5-13)6-20-10-3-8(11(14,15)16)2-9(4-10)12(17,18)19/h2-4,7H,5-6H2,1H3. The van der Waals surface area contributed by atoms with Crippen molar-refractivity contribution in [1.82, 2.24) is 0 Å². The van der Waals surface area contributed by atoms with Crippen molar-refractivity contribution < 1.29 is 31.1 Å². The highest BCUT2D eigenvalue weighted by molar-refractivity contribution is 9.09. The number of benzene rings is 1. The van der Waals surface area contributed by atoms with Gasteiger partial charge in [-0.05, 0) is 24.1 Å². The van der Waals surface area contributed by atoms with E-state index in [1.807, 2.05) is 0 Å². The molecule has 0 amide bonds. The Morgan fingerprint density at radius 3 is 1.80 bits per heavy atom. The van der Waals surface area contributed by atoms with Gasteiger partial charge in [0.15, 0.2) is 0 Å². The molecule has 0 bridgehead atoms. The largest absolute Gasteiger partial charge is 0.493 e. The molecule has 0 radical (unpaired) electrons. The molecule has 0 N–H and O–H groups in total. The number of ether oxygens (including phenoxy) is 1. The van der Waals surface area contributed by atoms with Crippen LogP contribution in [0, 0.1) is 5.92 Å². The third-order valence-corrected chi connectivity index (χ3v) is 3.46. The van der Waals surface area contributed by atoms with Crippen LogP contribution in [-0.2, 0) is 12.4 Å². The molecule has 0 saturated heterocycles. The zero-order valence-corrected chi connectivity index (χ0v) is 11.9. The van der Waals surface area contributed by atoms with E-state index in [1.54, 1.807) is 6.92 Å². The van der Waals surface area contributed by atoms with Crippen molar-refractivity contribution in [2.24, 2.45) is 5.92 Å². The Balaban J connectivity index is 3.11. The second-order valence-corrected chi connectivity index (χ2v) is 4.96. The second-order valence-electron chi connectivity index (χ2n) is 4.31. The van der Waals surface area contributed by atoms with E-state index < -0.39 is 29.2 Å². The summed E-state index contributed by atoms with van der Waals surface area (Å²) < 4.78 is 80.4. The van der Waals surface area contributed by atoms with Crippen LogP contribution >= 0.6 is 15.9 Å². The maximum atomic E-state index is 12.6. The van der Waals surface area contributed by atoms with Crippen LogP contribution in [0.3, 0.4) is 0 Å². The molecule has 1 aromatic carbocycles. The molecule has 0 heterocycles. The molecule has 1 nitrogen and oxygen atoms in total. The number of halogens is 7. The Hall–Kier alpha value is -0.920. The summed E-state index contributed by atoms with van der Waals surface area (Å²) in [7, 11) is 0. The van der Waals surface area contributed by atoms with Crippen molar-refractivity contribution in [2.45, 2.75) is 19.3 Å². The number of hydrogen-bond donors (Lipinski definition) is 0. The van der Waals surface area contributed by atoms with Crippen molar-refractivity contribution in [3.8, 4) is 5.75 Å². The van der Waals surface area contributed by atoms with Crippen LogP contribution in [0.25, 0.3) is 0 Å². The van der Waals surface area contributed by atoms with E-state index in [0.29, 0.717) is 17.5 Å². The summed E-state index contributed by atoms with van der Waals surface area (Å²) >= 11 is 3.14. The molecule has 0 fully saturated rings. The molecule has 0 aliphatic rings. The lowest BCUT2D eigenvalue weighted by molar-refractivity contribution is -0.143. The van der Waals surface area contributed by atoms with Crippen LogP contribution in [0.2, 0.25) is 0 Å². The van der Waals surface area contributed by atoms with Gasteiger partial charge < -0.3 is 4.74 Å². The van der Waals surface area contributed by atoms with Crippen LogP contribution < -0.4 is 4.74 Å². The van der Waals surface area contributed by atoms with Crippen LogP contribution in [0.1, 0.15) is 18.1 Å². The Bertz CT molecular complexity index is 422. The van der Waals surface area contributed by atoms with Gasteiger partial charge >= 0.3 is 12.4 Å². The molecular weight excluding hydrogens is 354 g/mol. The van der Waals surface area contributed by atoms with E-state index in [-0.39, 0.29) is 18.6 Å². The second kappa shape index (κ2) is 6.24. The molecule has 8 heteroatoms. The molecule has 0 aliphatic heterocycles. The van der Waals surface area contributed by atoms with Crippen LogP contribution in [-0.4, -0.2) is 11.9 Å². The van der Waals surface area contributed by atoms with Crippen molar-refractivity contribution >= 4 is 15.9 Å². The first-order chi connectivity index (χ1) is 9.04. The van der Waals surface area contributed by atoms with E-state index in [0.717, 1.165) is 0 Å². The molecule has 1 aromatic rings. The predicted octanol–water partition coefficient (Wildman–Crippen LogP) is 5.13. The molecule has 0 spiro atoms. The van der Waals surface area contributed by atoms with E-state index in [4.69, 9.17) is 4.74 Å². The minimum Gasteiger partial charge on any atom is -0.493 e. The lowest BCUT2D eigenvalue weighted by Gasteiger charge is -2.16. The fourth-order valence-electron chi connectivity index (χ4n) is 1.29. The van der Waals surface area contributed by atoms with Crippen molar-refractivity contribution in [3.63, 3.8) is 0 Å². The van der Waals surface area contributed by atoms with Crippen molar-refractivity contribution in [3.05, 3.63) is 29.3 Å². The predicted molar refractivity (Wildman–Crippen MR) is 64.9 cm³/mol. The lowest BCUT2D eigenvalue weighted by Crippen LogP contribution is -2.13. The lowest BCUT2D eigenvalue weighted by atomic mass is 10.1. The van der Waals surface area contributed by atoms with E-state index >= 15 is 0 Å². The summed E-state index contributed by atoms with van der Waals surface area (Å²) in [5, 5.41) is 0.526. The highest BCUT2D eigenvalue weighted by atomic mass is 79.9. The number of hydrogen-bond acceptors (Lipinski definition) is 1. The summed E-state index contributed by atoms with van der Waals surface area (Å²) in [4.78, 5) is 0. The molecule has 114 valence electrons. The average Bonchev–Trinajstić information content (AvgIpc) is 2.33. The van der Waals surface area contributed by atoms with Gasteiger partial charge in [-0.15, -0.1) is 0 Å². The first-order valence-electron chi connectivity index (χ1n) is 5.52. The van der Waals surface area contributed by atoms with Gasteiger partial charge in [-0.1, -0.05) is 22.9 Å². The summed E-state index contributed by atoms with van der Waals surface area (Å²) in [6, 6.07) is 1.20. The molecule has 0 aromatic heterocycles. The Morgan fingerprint density at radius 2 is 1.45 bits per heavy atom. The monoisotopic (exact) mass is 364 g/mol. The molecule has 0 saturated carbocycles. The van der Waals surface area contributed by atoms with Crippen LogP contribution in [0.5, 0.6) is 5.75 Å². The minimum absolute atomic E-state index is 0.0177. The summed E-state index contributed by atoms with van der Waals surface area (Å²) in [6.45, 7) is 1.76. The summed E-state index contributed by atoms with van der Waals surface area (Å²) in [5.41, 5.74) is -2.76. The van der Waals surface area contributed by atoms with E-state index in [9.17, 15) is 26.3 Å². The van der Waals surface area contributed by atoms with E-state index in [2.05, 4.69) is 15.9 Å². The molecule has 0 aliphatic carbocycles. The minimum atomic E-state index is -4.86. The Morgan fingerprint density at radius 1 is 1.00 bits per heavy atom. The molecule has 1 atom stereocenters. The third-order valence-electron chi connectivity index (χ3n) is 2.36. The van der Waals surface area contributed by atoms with Gasteiger partial charge in [0.25, 0.3) is 0 Å². The highest BCUT2D eigenvalue weighted by Crippen LogP contribution is 2.38. The molecule has 1 unspecified atom stereocenters. The Kier molecular flexibility index (Phi) is 5.34. The SMILES string of the molecule is CC(CBr)COc1cc(C(F)(F)F)cc(C(F)(F)F)c1. The van der Waals surface area contributed by atoms with Crippen LogP contribution in [0.15, 0.2) is 18.2 Å². The van der Waals surface area contributed by atoms with Crippen LogP contribution in [0.4, 0.5) is 26.3 Å². The summed E-state index contributed by atoms with van der Waals surface area (Å²) in [6.07, 6.45) is -9.72. The number of rotatable bonds is 4. The van der Waals surface area contributed by atoms with Crippen molar-refractivity contribution in [2.75, 3.05) is 11.9 Å². The zero-order valence-electron chi connectivity index (χ0n) is 10.3. The summed E-state index contributed by atoms with van der Waals surface area (Å²) in [5.74, 6) is -0.487. The van der Waals surface area contributed by atoms with Gasteiger partial charge in [-0.2, -0.15) is 26.3 Å². The normalized spacial score (nSPS) is 14.2. The first kappa shape index (κ1) is 17.1.